The number of primary amides is 3. The van der Waals surface area contributed by atoms with E-state index in [1.807, 2.05) is 13.8 Å². The molecule has 0 aliphatic carbocycles. The molecule has 0 bridgehead atoms. The van der Waals surface area contributed by atoms with Gasteiger partial charge >= 0.3 is 0 Å². The number of carbonyl (C=O) groups is 11. The molecule has 0 saturated carbocycles. The third-order valence-electron chi connectivity index (χ3n) is 11.6. The van der Waals surface area contributed by atoms with Gasteiger partial charge in [-0.2, -0.15) is 0 Å². The van der Waals surface area contributed by atoms with Gasteiger partial charge in [-0.1, -0.05) is 67.8 Å². The molecule has 1 aromatic carbocycles. The number of hydrogen-bond donors (Lipinski definition) is 12. The van der Waals surface area contributed by atoms with Crippen molar-refractivity contribution in [1.82, 2.24) is 42.1 Å². The van der Waals surface area contributed by atoms with Gasteiger partial charge in [0.15, 0.2) is 0 Å². The number of phenolic OH excluding ortho intramolecular Hbond substituents is 1. The Balaban J connectivity index is 2.06. The van der Waals surface area contributed by atoms with Crippen molar-refractivity contribution < 1.29 is 57.8 Å². The van der Waals surface area contributed by atoms with Crippen LogP contribution in [0.2, 0.25) is 0 Å². The second-order valence-electron chi connectivity index (χ2n) is 17.7. The standard InChI is InChI=1S/C44H68N12O12S2/c1-5-23(4)36-43(67)51-28(13-15-34(47)59)39(63)50-27(12-14-33(46)58)40(64)54-31(21-70-69-20-26(45)37(61)52-30(41(65)55-36)18-24-8-10-25(57)11-9-24)44(68)56-16-6-7-32(56)42(66)53-29(17-22(2)3)38(62)49-19-35(48)60/h8-11,22-23,26-32,36,57H,5-7,12-21,45H2,1-4H3,(H2,46,58)(H2,47,59)(H2,48,60)(H,49,62)(H,50,63)(H,51,67)(H,52,61)(H,53,66)(H,54,64)(H,55,65)/t23-,26-,27-,28-,29-,30-,31-,32-,36-/m0/s1. The van der Waals surface area contributed by atoms with Crippen molar-refractivity contribution in [2.45, 2.75) is 134 Å². The van der Waals surface area contributed by atoms with Crippen molar-refractivity contribution in [2.75, 3.05) is 24.6 Å². The van der Waals surface area contributed by atoms with E-state index in [1.54, 1.807) is 26.0 Å². The van der Waals surface area contributed by atoms with Crippen LogP contribution in [0.25, 0.3) is 0 Å². The third-order valence-corrected chi connectivity index (χ3v) is 14.0. The van der Waals surface area contributed by atoms with E-state index in [2.05, 4.69) is 37.2 Å². The van der Waals surface area contributed by atoms with Gasteiger partial charge < -0.3 is 70.2 Å². The van der Waals surface area contributed by atoms with Crippen LogP contribution in [0.1, 0.15) is 84.6 Å². The third kappa shape index (κ3) is 19.0. The van der Waals surface area contributed by atoms with Crippen LogP contribution in [0, 0.1) is 11.8 Å². The summed E-state index contributed by atoms with van der Waals surface area (Å²) in [5.41, 5.74) is 22.9. The molecule has 9 atom stereocenters. The largest absolute Gasteiger partial charge is 0.508 e. The summed E-state index contributed by atoms with van der Waals surface area (Å²) in [7, 11) is 2.08. The van der Waals surface area contributed by atoms with Crippen LogP contribution in [-0.4, -0.2) is 148 Å². The number of nitrogens with one attached hydrogen (secondary N) is 7. The highest BCUT2D eigenvalue weighted by atomic mass is 33.1. The number of aromatic hydroxyl groups is 1. The monoisotopic (exact) mass is 1020 g/mol. The first-order chi connectivity index (χ1) is 33.0. The van der Waals surface area contributed by atoms with E-state index < -0.39 is 139 Å². The molecule has 0 unspecified atom stereocenters. The molecule has 11 amide bonds. The molecule has 2 fully saturated rings. The summed E-state index contributed by atoms with van der Waals surface area (Å²) in [6.07, 6.45) is -0.619. The molecule has 2 saturated heterocycles. The molecule has 0 aromatic heterocycles. The number of hydrogen-bond acceptors (Lipinski definition) is 15. The number of nitrogens with two attached hydrogens (primary N) is 4. The Bertz CT molecular complexity index is 2060. The van der Waals surface area contributed by atoms with Crippen LogP contribution in [0.15, 0.2) is 24.3 Å². The first-order valence-corrected chi connectivity index (χ1v) is 25.5. The first kappa shape index (κ1) is 58.2. The van der Waals surface area contributed by atoms with Gasteiger partial charge in [-0.3, -0.25) is 52.7 Å². The molecule has 0 spiro atoms. The van der Waals surface area contributed by atoms with Gasteiger partial charge in [-0.05, 0) is 61.6 Å². The minimum Gasteiger partial charge on any atom is -0.508 e. The summed E-state index contributed by atoms with van der Waals surface area (Å²) in [6.45, 7) is 6.65. The normalized spacial score (nSPS) is 24.1. The van der Waals surface area contributed by atoms with Crippen molar-refractivity contribution in [3.8, 4) is 5.75 Å². The van der Waals surface area contributed by atoms with Gasteiger partial charge in [0.2, 0.25) is 65.0 Å². The Morgan fingerprint density at radius 1 is 0.757 bits per heavy atom. The van der Waals surface area contributed by atoms with Crippen LogP contribution in [0.4, 0.5) is 0 Å². The second-order valence-corrected chi connectivity index (χ2v) is 20.3. The number of nitrogens with zero attached hydrogens (tertiary/aromatic N) is 1. The lowest BCUT2D eigenvalue weighted by Crippen LogP contribution is -2.61. The molecule has 388 valence electrons. The Labute approximate surface area is 413 Å². The van der Waals surface area contributed by atoms with Gasteiger partial charge in [0.05, 0.1) is 12.6 Å². The number of amides is 11. The van der Waals surface area contributed by atoms with Crippen molar-refractivity contribution in [3.05, 3.63) is 29.8 Å². The highest BCUT2D eigenvalue weighted by Crippen LogP contribution is 2.26. The smallest absolute Gasteiger partial charge is 0.246 e. The van der Waals surface area contributed by atoms with Crippen LogP contribution in [-0.2, 0) is 59.2 Å². The van der Waals surface area contributed by atoms with Crippen LogP contribution < -0.4 is 60.2 Å². The highest BCUT2D eigenvalue weighted by Gasteiger charge is 2.41. The van der Waals surface area contributed by atoms with E-state index in [-0.39, 0.29) is 61.8 Å². The summed E-state index contributed by atoms with van der Waals surface area (Å²) in [5.74, 6) is -9.86. The van der Waals surface area contributed by atoms with E-state index in [0.29, 0.717) is 18.4 Å². The molecule has 16 N–H and O–H groups in total. The summed E-state index contributed by atoms with van der Waals surface area (Å²) in [6, 6.07) is -4.72. The lowest BCUT2D eigenvalue weighted by Gasteiger charge is -2.31. The molecule has 0 radical (unpaired) electrons. The van der Waals surface area contributed by atoms with Gasteiger partial charge in [0.1, 0.15) is 48.0 Å². The molecule has 24 nitrogen and oxygen atoms in total. The Morgan fingerprint density at radius 3 is 1.89 bits per heavy atom. The fraction of sp³-hybridized carbons (Fsp3) is 0.614. The summed E-state index contributed by atoms with van der Waals surface area (Å²) in [5, 5.41) is 28.0. The molecule has 2 aliphatic rings. The quantitative estimate of drug-likeness (QED) is 0.0644. The van der Waals surface area contributed by atoms with Crippen molar-refractivity contribution in [3.63, 3.8) is 0 Å². The molecule has 1 aromatic rings. The SMILES string of the molecule is CC[C@H](C)[C@@H]1NC(=O)[C@H](Cc2ccc(O)cc2)NC(=O)[C@@H](N)CSSC[C@@H](C(=O)N2CCC[C@H]2C(=O)N[C@@H](CC(C)C)C(=O)NCC(N)=O)NC(=O)[C@H](CCC(N)=O)NC(=O)[C@H](CCC(N)=O)NC1=O. The lowest BCUT2D eigenvalue weighted by molar-refractivity contribution is -0.142. The highest BCUT2D eigenvalue weighted by molar-refractivity contribution is 8.76. The fourth-order valence-corrected chi connectivity index (χ4v) is 9.77. The van der Waals surface area contributed by atoms with Crippen LogP contribution >= 0.6 is 21.6 Å². The van der Waals surface area contributed by atoms with E-state index in [9.17, 15) is 57.8 Å². The fourth-order valence-electron chi connectivity index (χ4n) is 7.49. The van der Waals surface area contributed by atoms with Crippen molar-refractivity contribution >= 4 is 86.6 Å². The maximum Gasteiger partial charge on any atom is 0.246 e. The van der Waals surface area contributed by atoms with E-state index in [0.717, 1.165) is 21.6 Å². The van der Waals surface area contributed by atoms with E-state index >= 15 is 0 Å². The zero-order valence-electron chi connectivity index (χ0n) is 39.8. The molecule has 2 heterocycles. The maximum absolute atomic E-state index is 14.6. The zero-order chi connectivity index (χ0) is 52.2. The zero-order valence-corrected chi connectivity index (χ0v) is 41.4. The van der Waals surface area contributed by atoms with Gasteiger partial charge in [0, 0.05) is 37.3 Å². The number of benzene rings is 1. The Kier molecular flexibility index (Phi) is 23.7. The number of carbonyl (C=O) groups excluding carboxylic acids is 11. The molecular formula is C44H68N12O12S2. The number of phenols is 1. The minimum absolute atomic E-state index is 0.0438. The predicted molar refractivity (Wildman–Crippen MR) is 259 cm³/mol. The predicted octanol–water partition coefficient (Wildman–Crippen LogP) is -3.22. The van der Waals surface area contributed by atoms with Gasteiger partial charge in [-0.15, -0.1) is 0 Å². The van der Waals surface area contributed by atoms with Crippen LogP contribution in [0.3, 0.4) is 0 Å². The van der Waals surface area contributed by atoms with Crippen LogP contribution in [0.5, 0.6) is 5.75 Å². The van der Waals surface area contributed by atoms with Gasteiger partial charge in [-0.25, -0.2) is 0 Å². The maximum atomic E-state index is 14.6. The Hall–Kier alpha value is -6.15. The minimum atomic E-state index is -1.57. The number of likely N-dealkylation sites (tertiary alicyclic amines) is 1. The average Bonchev–Trinajstić information content (AvgIpc) is 3.80. The molecule has 70 heavy (non-hydrogen) atoms. The van der Waals surface area contributed by atoms with E-state index in [1.165, 1.54) is 17.0 Å². The van der Waals surface area contributed by atoms with Gasteiger partial charge in [0.25, 0.3) is 0 Å². The Morgan fingerprint density at radius 2 is 1.31 bits per heavy atom. The molecule has 26 heteroatoms. The summed E-state index contributed by atoms with van der Waals surface area (Å²) < 4.78 is 0. The first-order valence-electron chi connectivity index (χ1n) is 23.0. The summed E-state index contributed by atoms with van der Waals surface area (Å²) in [4.78, 5) is 148. The molecule has 2 aliphatic heterocycles. The lowest BCUT2D eigenvalue weighted by atomic mass is 9.96. The van der Waals surface area contributed by atoms with E-state index in [4.69, 9.17) is 22.9 Å². The second kappa shape index (κ2) is 28.5. The van der Waals surface area contributed by atoms with Crippen molar-refractivity contribution in [1.29, 1.82) is 0 Å². The summed E-state index contributed by atoms with van der Waals surface area (Å²) >= 11 is 0. The number of rotatable bonds is 18. The average molecular weight is 1020 g/mol. The molecular weight excluding hydrogens is 953 g/mol. The van der Waals surface area contributed by atoms with Crippen molar-refractivity contribution in [2.24, 2.45) is 34.8 Å². The topological polar surface area (TPSA) is 400 Å². The molecule has 3 rings (SSSR count).